The van der Waals surface area contributed by atoms with Gasteiger partial charge < -0.3 is 0 Å². The highest BCUT2D eigenvalue weighted by atomic mass is 14.4. The van der Waals surface area contributed by atoms with Crippen LogP contribution in [0.4, 0.5) is 0 Å². The third kappa shape index (κ3) is 4.85. The van der Waals surface area contributed by atoms with Gasteiger partial charge in [0.1, 0.15) is 0 Å². The second kappa shape index (κ2) is 12.1. The van der Waals surface area contributed by atoms with Crippen LogP contribution >= 0.6 is 0 Å². The minimum Gasteiger partial charge on any atom is -0.0622 e. The molecule has 0 saturated heterocycles. The Balaban J connectivity index is 1.21. The Morgan fingerprint density at radius 3 is 1.60 bits per heavy atom. The van der Waals surface area contributed by atoms with Crippen molar-refractivity contribution in [3.8, 4) is 55.6 Å². The zero-order chi connectivity index (χ0) is 36.7. The first-order valence-electron chi connectivity index (χ1n) is 19.3. The second-order valence-corrected chi connectivity index (χ2v) is 15.6. The monoisotopic (exact) mass is 698 g/mol. The van der Waals surface area contributed by atoms with Crippen LogP contribution in [0.3, 0.4) is 0 Å². The molecule has 0 bridgehead atoms. The van der Waals surface area contributed by atoms with E-state index in [-0.39, 0.29) is 5.41 Å². The highest BCUT2D eigenvalue weighted by Gasteiger charge is 2.35. The summed E-state index contributed by atoms with van der Waals surface area (Å²) in [6.07, 6.45) is 0. The fraction of sp³-hybridized carbons (Fsp3) is 0.0545. The van der Waals surface area contributed by atoms with Gasteiger partial charge in [0.15, 0.2) is 0 Å². The topological polar surface area (TPSA) is 0 Å². The zero-order valence-electron chi connectivity index (χ0n) is 31.0. The van der Waals surface area contributed by atoms with E-state index in [4.69, 9.17) is 0 Å². The quantitative estimate of drug-likeness (QED) is 0.127. The van der Waals surface area contributed by atoms with E-state index in [0.717, 1.165) is 0 Å². The molecule has 0 heteroatoms. The van der Waals surface area contributed by atoms with E-state index >= 15 is 0 Å². The fourth-order valence-corrected chi connectivity index (χ4v) is 9.56. The van der Waals surface area contributed by atoms with Gasteiger partial charge in [-0.2, -0.15) is 0 Å². The largest absolute Gasteiger partial charge is 0.0622 e. The number of hydrogen-bond donors (Lipinski definition) is 0. The van der Waals surface area contributed by atoms with Crippen molar-refractivity contribution in [1.82, 2.24) is 0 Å². The van der Waals surface area contributed by atoms with E-state index in [1.807, 2.05) is 0 Å². The summed E-state index contributed by atoms with van der Waals surface area (Å²) in [4.78, 5) is 0. The summed E-state index contributed by atoms with van der Waals surface area (Å²) in [5, 5.41) is 10.1. The summed E-state index contributed by atoms with van der Waals surface area (Å²) in [7, 11) is 0. The molecule has 0 radical (unpaired) electrons. The fourth-order valence-electron chi connectivity index (χ4n) is 9.56. The van der Waals surface area contributed by atoms with E-state index in [0.29, 0.717) is 0 Å². The molecule has 55 heavy (non-hydrogen) atoms. The van der Waals surface area contributed by atoms with E-state index in [2.05, 4.69) is 208 Å². The molecule has 0 heterocycles. The smallest absolute Gasteiger partial charge is 0.0159 e. The van der Waals surface area contributed by atoms with Gasteiger partial charge >= 0.3 is 0 Å². The van der Waals surface area contributed by atoms with E-state index < -0.39 is 0 Å². The van der Waals surface area contributed by atoms with Gasteiger partial charge in [-0.1, -0.05) is 190 Å². The summed E-state index contributed by atoms with van der Waals surface area (Å²) in [5.74, 6) is 0. The molecule has 0 spiro atoms. The maximum Gasteiger partial charge on any atom is 0.0159 e. The van der Waals surface area contributed by atoms with Gasteiger partial charge in [-0.25, -0.2) is 0 Å². The van der Waals surface area contributed by atoms with Gasteiger partial charge in [-0.3, -0.25) is 0 Å². The molecule has 0 saturated carbocycles. The number of rotatable bonds is 4. The lowest BCUT2D eigenvalue weighted by atomic mass is 9.81. The lowest BCUT2D eigenvalue weighted by Gasteiger charge is -2.22. The van der Waals surface area contributed by atoms with Crippen molar-refractivity contribution < 1.29 is 0 Å². The molecule has 11 rings (SSSR count). The van der Waals surface area contributed by atoms with Gasteiger partial charge in [-0.05, 0) is 128 Å². The van der Waals surface area contributed by atoms with Crippen molar-refractivity contribution in [1.29, 1.82) is 0 Å². The van der Waals surface area contributed by atoms with Crippen LogP contribution < -0.4 is 0 Å². The first-order chi connectivity index (χ1) is 27.0. The van der Waals surface area contributed by atoms with Crippen molar-refractivity contribution in [2.45, 2.75) is 19.3 Å². The molecule has 1 aliphatic carbocycles. The molecule has 0 amide bonds. The predicted octanol–water partition coefficient (Wildman–Crippen LogP) is 15.3. The summed E-state index contributed by atoms with van der Waals surface area (Å²) in [6, 6.07) is 72.3. The summed E-state index contributed by atoms with van der Waals surface area (Å²) in [5.41, 5.74) is 15.4. The van der Waals surface area contributed by atoms with Gasteiger partial charge in [0, 0.05) is 5.41 Å². The maximum atomic E-state index is 2.47. The summed E-state index contributed by atoms with van der Waals surface area (Å²) >= 11 is 0. The number of benzene rings is 10. The van der Waals surface area contributed by atoms with Crippen LogP contribution in [0.5, 0.6) is 0 Å². The molecular weight excluding hydrogens is 661 g/mol. The molecule has 1 aliphatic rings. The van der Waals surface area contributed by atoms with Crippen LogP contribution in [0.2, 0.25) is 0 Å². The van der Waals surface area contributed by atoms with Crippen LogP contribution in [-0.2, 0) is 5.41 Å². The van der Waals surface area contributed by atoms with Crippen LogP contribution in [-0.4, -0.2) is 0 Å². The SMILES string of the molecule is CC1(C)c2ccccc2-c2ccc(-c3ccc4c(-c5ccc(-c6ccccc6)cc5)c5ccccc5c(-c5cc6ccccc6c6ccccc56)c4c3)cc21. The summed E-state index contributed by atoms with van der Waals surface area (Å²) < 4.78 is 0. The van der Waals surface area contributed by atoms with E-state index in [9.17, 15) is 0 Å². The molecule has 0 nitrogen and oxygen atoms in total. The minimum absolute atomic E-state index is 0.0662. The normalized spacial score (nSPS) is 13.1. The highest BCUT2D eigenvalue weighted by molar-refractivity contribution is 6.26. The van der Waals surface area contributed by atoms with E-state index in [1.165, 1.54) is 110 Å². The Morgan fingerprint density at radius 2 is 0.800 bits per heavy atom. The summed E-state index contributed by atoms with van der Waals surface area (Å²) in [6.45, 7) is 4.73. The molecule has 10 aromatic carbocycles. The minimum atomic E-state index is -0.0662. The van der Waals surface area contributed by atoms with Crippen LogP contribution in [0.1, 0.15) is 25.0 Å². The van der Waals surface area contributed by atoms with Crippen molar-refractivity contribution in [3.63, 3.8) is 0 Å². The molecule has 10 aromatic rings. The molecule has 258 valence electrons. The van der Waals surface area contributed by atoms with Crippen LogP contribution in [0.15, 0.2) is 194 Å². The number of hydrogen-bond acceptors (Lipinski definition) is 0. The van der Waals surface area contributed by atoms with Crippen LogP contribution in [0.25, 0.3) is 98.7 Å². The Labute approximate surface area is 322 Å². The first-order valence-corrected chi connectivity index (χ1v) is 19.3. The van der Waals surface area contributed by atoms with E-state index in [1.54, 1.807) is 0 Å². The van der Waals surface area contributed by atoms with Crippen molar-refractivity contribution in [3.05, 3.63) is 205 Å². The standard InChI is InChI=1S/C55H38/c1-55(2)51-23-13-12-20-44(51)45-30-28-39(34-52(45)55)38-29-31-48-50(32-38)54(49-33-40-16-6-7-17-41(40)42-18-8-9-19-43(42)49)47-22-11-10-21-46(47)53(48)37-26-24-36(25-27-37)35-14-4-3-5-15-35/h3-34H,1-2H3. The predicted molar refractivity (Wildman–Crippen MR) is 236 cm³/mol. The van der Waals surface area contributed by atoms with Crippen molar-refractivity contribution in [2.24, 2.45) is 0 Å². The Hall–Kier alpha value is -6.76. The average molecular weight is 699 g/mol. The molecule has 0 fully saturated rings. The molecule has 0 atom stereocenters. The third-order valence-corrected chi connectivity index (χ3v) is 12.3. The third-order valence-electron chi connectivity index (χ3n) is 12.3. The lowest BCUT2D eigenvalue weighted by Crippen LogP contribution is -2.14. The second-order valence-electron chi connectivity index (χ2n) is 15.6. The Kier molecular flexibility index (Phi) is 7.00. The molecule has 0 N–H and O–H groups in total. The van der Waals surface area contributed by atoms with Crippen molar-refractivity contribution in [2.75, 3.05) is 0 Å². The molecule has 0 unspecified atom stereocenters. The molecular formula is C55H38. The van der Waals surface area contributed by atoms with Crippen LogP contribution in [0, 0.1) is 0 Å². The van der Waals surface area contributed by atoms with Gasteiger partial charge in [0.2, 0.25) is 0 Å². The number of fused-ring (bicyclic) bond motifs is 8. The van der Waals surface area contributed by atoms with Crippen molar-refractivity contribution >= 4 is 43.1 Å². The zero-order valence-corrected chi connectivity index (χ0v) is 31.0. The Bertz CT molecular complexity index is 3140. The van der Waals surface area contributed by atoms with Gasteiger partial charge in [0.05, 0.1) is 0 Å². The maximum absolute atomic E-state index is 2.47. The average Bonchev–Trinajstić information content (AvgIpc) is 3.48. The lowest BCUT2D eigenvalue weighted by molar-refractivity contribution is 0.660. The molecule has 0 aliphatic heterocycles. The first kappa shape index (κ1) is 31.7. The Morgan fingerprint density at radius 1 is 0.273 bits per heavy atom. The highest BCUT2D eigenvalue weighted by Crippen LogP contribution is 2.51. The van der Waals surface area contributed by atoms with Gasteiger partial charge in [-0.15, -0.1) is 0 Å². The van der Waals surface area contributed by atoms with Gasteiger partial charge in [0.25, 0.3) is 0 Å². The molecule has 0 aromatic heterocycles.